The van der Waals surface area contributed by atoms with Crippen molar-refractivity contribution in [3.05, 3.63) is 125 Å². The van der Waals surface area contributed by atoms with Crippen LogP contribution in [0.4, 0.5) is 11.4 Å². The number of nitrogens with zero attached hydrogens (tertiary/aromatic N) is 5. The summed E-state index contributed by atoms with van der Waals surface area (Å²) in [5.74, 6) is -4.46. The van der Waals surface area contributed by atoms with E-state index in [1.165, 1.54) is 12.2 Å². The lowest BCUT2D eigenvalue weighted by Gasteiger charge is -2.31. The first-order valence-corrected chi connectivity index (χ1v) is 33.8. The molecule has 522 valence electrons. The highest BCUT2D eigenvalue weighted by molar-refractivity contribution is 6.13. The monoisotopic (exact) mass is 1360 g/mol. The van der Waals surface area contributed by atoms with E-state index in [2.05, 4.69) is 26.6 Å². The number of hydrogen-bond donors (Lipinski definition) is 8. The normalized spacial score (nSPS) is 19.2. The summed E-state index contributed by atoms with van der Waals surface area (Å²) in [4.78, 5) is 152. The second kappa shape index (κ2) is 27.5. The third kappa shape index (κ3) is 12.5. The number of fused-ring (bicyclic) bond motifs is 10. The first-order chi connectivity index (χ1) is 46.7. The van der Waals surface area contributed by atoms with Crippen LogP contribution < -0.4 is 43.4 Å². The number of aromatic nitrogens is 4. The highest BCUT2D eigenvalue weighted by Crippen LogP contribution is 2.46. The molecule has 5 aliphatic heterocycles. The second-order valence-corrected chi connectivity index (χ2v) is 27.2. The molecule has 6 aromatic rings. The van der Waals surface area contributed by atoms with Crippen LogP contribution in [0.15, 0.2) is 58.1 Å². The Morgan fingerprint density at radius 3 is 1.44 bits per heavy atom. The first kappa shape index (κ1) is 70.5. The molecule has 7 amide bonds. The average molecular weight is 1360 g/mol. The summed E-state index contributed by atoms with van der Waals surface area (Å²) in [5.41, 5.74) is 13.5. The fraction of sp³-hybridized carbons (Fsp3) is 0.466. The zero-order valence-electron chi connectivity index (χ0n) is 56.1. The summed E-state index contributed by atoms with van der Waals surface area (Å²) in [6, 6.07) is 7.41. The van der Waals surface area contributed by atoms with E-state index in [0.29, 0.717) is 71.9 Å². The minimum absolute atomic E-state index is 0. The van der Waals surface area contributed by atoms with Gasteiger partial charge in [0.25, 0.3) is 22.9 Å². The van der Waals surface area contributed by atoms with E-state index < -0.39 is 59.1 Å². The van der Waals surface area contributed by atoms with Gasteiger partial charge in [-0.2, -0.15) is 0 Å². The van der Waals surface area contributed by atoms with Gasteiger partial charge in [-0.05, 0) is 149 Å². The molecule has 0 fully saturated rings. The lowest BCUT2D eigenvalue weighted by Crippen LogP contribution is -2.53. The minimum Gasteiger partial charge on any atom is -0.458 e. The van der Waals surface area contributed by atoms with Crippen LogP contribution in [0.25, 0.3) is 44.6 Å². The van der Waals surface area contributed by atoms with Crippen molar-refractivity contribution >= 4 is 86.5 Å². The molecule has 26 heteroatoms. The zero-order chi connectivity index (χ0) is 70.1. The third-order valence-corrected chi connectivity index (χ3v) is 20.4. The fourth-order valence-corrected chi connectivity index (χ4v) is 14.6. The van der Waals surface area contributed by atoms with E-state index in [-0.39, 0.29) is 128 Å². The van der Waals surface area contributed by atoms with Crippen molar-refractivity contribution in [2.45, 2.75) is 202 Å². The predicted octanol–water partition coefficient (Wildman–Crippen LogP) is 5.27. The molecule has 9 N–H and O–H groups in total. The number of carbonyl (C=O) groups excluding carboxylic acids is 9. The van der Waals surface area contributed by atoms with Crippen molar-refractivity contribution in [2.75, 3.05) is 17.2 Å². The fourth-order valence-electron chi connectivity index (χ4n) is 14.6. The van der Waals surface area contributed by atoms with Gasteiger partial charge in [-0.15, -0.1) is 0 Å². The molecule has 26 nitrogen and oxygen atoms in total. The number of benzene rings is 2. The Hall–Kier alpha value is -9.79. The van der Waals surface area contributed by atoms with Gasteiger partial charge in [-0.1, -0.05) is 55.4 Å². The van der Waals surface area contributed by atoms with Crippen molar-refractivity contribution in [2.24, 2.45) is 17.6 Å². The number of carbonyl (C=O) groups is 9. The smallest absolute Gasteiger partial charge is 0.343 e. The summed E-state index contributed by atoms with van der Waals surface area (Å²) in [5, 5.41) is 38.5. The summed E-state index contributed by atoms with van der Waals surface area (Å²) in [6.07, 6.45) is 9.06. The Morgan fingerprint density at radius 2 is 1.01 bits per heavy atom. The molecule has 2 aliphatic carbocycles. The van der Waals surface area contributed by atoms with Crippen LogP contribution in [-0.4, -0.2) is 118 Å². The largest absolute Gasteiger partial charge is 0.458 e. The van der Waals surface area contributed by atoms with E-state index >= 15 is 0 Å². The van der Waals surface area contributed by atoms with Crippen LogP contribution in [0.1, 0.15) is 170 Å². The van der Waals surface area contributed by atoms with Crippen molar-refractivity contribution in [3.8, 4) is 22.8 Å². The van der Waals surface area contributed by atoms with Gasteiger partial charge in [0.1, 0.15) is 31.3 Å². The van der Waals surface area contributed by atoms with Crippen molar-refractivity contribution in [3.63, 3.8) is 0 Å². The van der Waals surface area contributed by atoms with Gasteiger partial charge >= 0.3 is 11.9 Å². The molecule has 0 bridgehead atoms. The molecular weight excluding hydrogens is 1270 g/mol. The number of cyclic esters (lactones) is 2. The van der Waals surface area contributed by atoms with Crippen LogP contribution in [0.3, 0.4) is 0 Å². The number of amides is 7. The lowest BCUT2D eigenvalue weighted by molar-refractivity contribution is -0.172. The summed E-state index contributed by atoms with van der Waals surface area (Å²) >= 11 is 0. The molecule has 13 rings (SSSR count). The van der Waals surface area contributed by atoms with Gasteiger partial charge in [0.05, 0.1) is 64.1 Å². The standard InChI is InChI=1S/C41H46N6O9.C31H35N5O6.CH4/c1-5-41(55)27-18-30-36-25(19-47(30)39(53)26(27)20-56-40(41)54)23-10-9-11-24-28(13-14-29(43-36)34(23)24)44-37(51)22(4)42-38(52)35(21(2)3)45-31(48)12-7-6-8-17-46-32(49)15-16-33(46)50;1-5-31(41)20-11-23-26-18(12-36(23)29(39)19(20)13-42-30(31)40)16-7-6-8-17-21(9-10-22(34-26)24(16)17)35-27(37)15(4)33-28(38)25(32)14(2)3;/h13-16,18,21-22,35,55H,5-12,17,19-20H2,1-4H3,(H,42,52)(H,44,51)(H,45,48);9-11,14-15,25,41H,5-8,12-13,32H2,1-4H3,(H,33,38)(H,35,37);1H4/t22-,35-,41-;15-,25-,31-;/m00./s1. The average Bonchev–Trinajstić information content (AvgIpc) is 1.61. The number of hydrogen-bond acceptors (Lipinski definition) is 18. The van der Waals surface area contributed by atoms with E-state index in [0.717, 1.165) is 86.7 Å². The number of aliphatic hydroxyl groups is 2. The van der Waals surface area contributed by atoms with E-state index in [1.54, 1.807) is 68.9 Å². The summed E-state index contributed by atoms with van der Waals surface area (Å²) in [6.45, 7) is 14.4. The number of aryl methyl sites for hydroxylation is 4. The van der Waals surface area contributed by atoms with Crippen LogP contribution in [0, 0.1) is 11.8 Å². The molecule has 4 aromatic heterocycles. The number of pyridine rings is 4. The number of esters is 2. The molecule has 7 aliphatic rings. The van der Waals surface area contributed by atoms with Crippen LogP contribution in [0.5, 0.6) is 0 Å². The van der Waals surface area contributed by atoms with Gasteiger partial charge in [-0.3, -0.25) is 48.1 Å². The van der Waals surface area contributed by atoms with Gasteiger partial charge in [0.15, 0.2) is 11.2 Å². The van der Waals surface area contributed by atoms with E-state index in [1.807, 2.05) is 32.0 Å². The van der Waals surface area contributed by atoms with Crippen molar-refractivity contribution in [1.29, 1.82) is 0 Å². The predicted molar refractivity (Wildman–Crippen MR) is 366 cm³/mol. The SMILES string of the molecule is C.CC[C@@]1(O)C(=O)OCc2c1cc1n(c2=O)Cc2c-1nc1ccc(NC(=O)[C@H](C)NC(=O)[C@@H](N)C(C)C)c3c1c2CCC3.CC[C@@]1(O)C(=O)OCc2c1cc1n(c2=O)Cc2c-1nc1ccc(NC(=O)[C@H](C)NC(=O)[C@@H](NC(=O)CCCCCN3C(=O)C=CC3=O)C(C)C)c3c1c2CCC3. The Labute approximate surface area is 570 Å². The lowest BCUT2D eigenvalue weighted by atomic mass is 9.85. The number of ether oxygens (including phenoxy) is 2. The quantitative estimate of drug-likeness (QED) is 0.0290. The maximum Gasteiger partial charge on any atom is 0.343 e. The molecule has 6 atom stereocenters. The molecule has 9 heterocycles. The minimum atomic E-state index is -1.92. The Balaban J connectivity index is 0.000000206. The van der Waals surface area contributed by atoms with E-state index in [4.69, 9.17) is 25.2 Å². The van der Waals surface area contributed by atoms with Crippen LogP contribution >= 0.6 is 0 Å². The van der Waals surface area contributed by atoms with E-state index in [9.17, 15) is 63.0 Å². The second-order valence-electron chi connectivity index (χ2n) is 27.2. The van der Waals surface area contributed by atoms with Gasteiger partial charge in [0, 0.05) is 69.5 Å². The van der Waals surface area contributed by atoms with Crippen LogP contribution in [-0.2, 0) is 116 Å². The molecule has 0 radical (unpaired) electrons. The highest BCUT2D eigenvalue weighted by Gasteiger charge is 2.48. The van der Waals surface area contributed by atoms with Gasteiger partial charge in [0.2, 0.25) is 29.5 Å². The topological polar surface area (TPSA) is 372 Å². The maximum atomic E-state index is 13.7. The summed E-state index contributed by atoms with van der Waals surface area (Å²) < 4.78 is 13.7. The maximum absolute atomic E-state index is 13.7. The first-order valence-electron chi connectivity index (χ1n) is 33.8. The van der Waals surface area contributed by atoms with Crippen molar-refractivity contribution in [1.82, 2.24) is 40.0 Å². The Bertz CT molecular complexity index is 4590. The molecular formula is C73H85N11O15. The molecule has 0 unspecified atom stereocenters. The highest BCUT2D eigenvalue weighted by atomic mass is 16.6. The Morgan fingerprint density at radius 1 is 0.566 bits per heavy atom. The van der Waals surface area contributed by atoms with Gasteiger partial charge in [-0.25, -0.2) is 19.6 Å². The Kier molecular flexibility index (Phi) is 19.6. The molecule has 2 aromatic carbocycles. The molecule has 0 saturated heterocycles. The molecule has 99 heavy (non-hydrogen) atoms. The number of unbranched alkanes of at least 4 members (excludes halogenated alkanes) is 2. The molecule has 0 saturated carbocycles. The summed E-state index contributed by atoms with van der Waals surface area (Å²) in [7, 11) is 0. The number of imide groups is 1. The van der Waals surface area contributed by atoms with Crippen molar-refractivity contribution < 1.29 is 62.8 Å². The number of nitrogens with one attached hydrogen (secondary N) is 5. The third-order valence-electron chi connectivity index (χ3n) is 20.4. The number of anilines is 2. The van der Waals surface area contributed by atoms with Crippen LogP contribution in [0.2, 0.25) is 0 Å². The number of nitrogens with two attached hydrogens (primary N) is 1. The van der Waals surface area contributed by atoms with Gasteiger partial charge < -0.3 is 61.1 Å². The molecule has 0 spiro atoms. The number of rotatable bonds is 19. The zero-order valence-corrected chi connectivity index (χ0v) is 56.1.